The molecule has 3 aromatic rings. The maximum absolute atomic E-state index is 13.2. The highest BCUT2D eigenvalue weighted by Crippen LogP contribution is 2.28. The first-order valence-electron chi connectivity index (χ1n) is 11.6. The zero-order valence-corrected chi connectivity index (χ0v) is 20.6. The molecule has 0 radical (unpaired) electrons. The van der Waals surface area contributed by atoms with Gasteiger partial charge in [-0.05, 0) is 52.2 Å². The lowest BCUT2D eigenvalue weighted by Gasteiger charge is -2.31. The summed E-state index contributed by atoms with van der Waals surface area (Å²) in [7, 11) is -3.80. The number of rotatable bonds is 9. The van der Waals surface area contributed by atoms with E-state index < -0.39 is 15.9 Å². The second-order valence-corrected chi connectivity index (χ2v) is 10.3. The zero-order valence-electron chi connectivity index (χ0n) is 19.8. The van der Waals surface area contributed by atoms with Crippen molar-refractivity contribution in [1.82, 2.24) is 19.0 Å². The summed E-state index contributed by atoms with van der Waals surface area (Å²) in [5.74, 6) is -0.000964. The number of amides is 1. The molecule has 4 rings (SSSR count). The van der Waals surface area contributed by atoms with Crippen LogP contribution in [0.15, 0.2) is 33.7 Å². The number of carbonyl (C=O) groups excluding carboxylic acids is 1. The minimum absolute atomic E-state index is 0.0876. The summed E-state index contributed by atoms with van der Waals surface area (Å²) < 4.78 is 40.3. The van der Waals surface area contributed by atoms with Crippen LogP contribution in [0.4, 0.5) is 5.95 Å². The average Bonchev–Trinajstić information content (AvgIpc) is 3.35. The number of imidazole rings is 1. The van der Waals surface area contributed by atoms with Gasteiger partial charge in [-0.3, -0.25) is 10.1 Å². The van der Waals surface area contributed by atoms with Gasteiger partial charge in [0, 0.05) is 32.8 Å². The van der Waals surface area contributed by atoms with Gasteiger partial charge < -0.3 is 13.8 Å². The van der Waals surface area contributed by atoms with Crippen molar-refractivity contribution in [3.8, 4) is 0 Å². The summed E-state index contributed by atoms with van der Waals surface area (Å²) in [5, 5.41) is 6.73. The number of benzene rings is 1. The van der Waals surface area contributed by atoms with Gasteiger partial charge in [0.05, 0.1) is 17.0 Å². The lowest BCUT2D eigenvalue weighted by molar-refractivity contribution is -0.120. The topological polar surface area (TPSA) is 120 Å². The Labute approximate surface area is 199 Å². The van der Waals surface area contributed by atoms with E-state index in [2.05, 4.69) is 15.5 Å². The highest BCUT2D eigenvalue weighted by atomic mass is 32.2. The predicted octanol–water partition coefficient (Wildman–Crippen LogP) is 3.11. The van der Waals surface area contributed by atoms with Crippen LogP contribution in [0.1, 0.15) is 37.6 Å². The molecule has 2 aromatic heterocycles. The predicted molar refractivity (Wildman–Crippen MR) is 127 cm³/mol. The molecule has 11 heteroatoms. The van der Waals surface area contributed by atoms with Gasteiger partial charge in [-0.1, -0.05) is 17.3 Å². The van der Waals surface area contributed by atoms with E-state index in [1.165, 1.54) is 4.31 Å². The standard InChI is InChI=1S/C23H31N5O5S/c1-4-32-14-8-13-28-20-11-6-5-10-19(20)24-23(28)25-22(29)18-9-7-12-27(15-18)34(30,31)21-16(2)26-33-17(21)3/h5-6,10-11,18H,4,7-9,12-15H2,1-3H3,(H,24,25,29). The SMILES string of the molecule is CCOCCCn1c(NC(=O)C2CCCN(S(=O)(=O)c3c(C)noc3C)C2)nc2ccccc21. The Kier molecular flexibility index (Phi) is 7.34. The van der Waals surface area contributed by atoms with Crippen LogP contribution in [-0.4, -0.2) is 59.6 Å². The van der Waals surface area contributed by atoms with Crippen molar-refractivity contribution in [2.24, 2.45) is 5.92 Å². The fourth-order valence-corrected chi connectivity index (χ4v) is 6.24. The van der Waals surface area contributed by atoms with E-state index in [4.69, 9.17) is 9.26 Å². The molecule has 1 aliphatic rings. The quantitative estimate of drug-likeness (QED) is 0.459. The van der Waals surface area contributed by atoms with Crippen LogP contribution in [0.5, 0.6) is 0 Å². The number of aromatic nitrogens is 3. The first-order chi connectivity index (χ1) is 16.3. The molecule has 3 heterocycles. The highest BCUT2D eigenvalue weighted by molar-refractivity contribution is 7.89. The van der Waals surface area contributed by atoms with Crippen molar-refractivity contribution < 1.29 is 22.5 Å². The van der Waals surface area contributed by atoms with Crippen LogP contribution in [0, 0.1) is 19.8 Å². The molecule has 1 N–H and O–H groups in total. The molecule has 0 spiro atoms. The van der Waals surface area contributed by atoms with Crippen molar-refractivity contribution >= 4 is 32.9 Å². The minimum atomic E-state index is -3.80. The van der Waals surface area contributed by atoms with Crippen LogP contribution < -0.4 is 5.32 Å². The smallest absolute Gasteiger partial charge is 0.248 e. The number of para-hydroxylation sites is 2. The summed E-state index contributed by atoms with van der Waals surface area (Å²) in [4.78, 5) is 17.9. The summed E-state index contributed by atoms with van der Waals surface area (Å²) >= 11 is 0. The summed E-state index contributed by atoms with van der Waals surface area (Å²) in [6, 6.07) is 7.72. The van der Waals surface area contributed by atoms with Gasteiger partial charge in [0.1, 0.15) is 10.6 Å². The molecule has 1 saturated heterocycles. The van der Waals surface area contributed by atoms with Crippen LogP contribution in [0.25, 0.3) is 11.0 Å². The summed E-state index contributed by atoms with van der Waals surface area (Å²) in [5.41, 5.74) is 2.05. The van der Waals surface area contributed by atoms with Crippen molar-refractivity contribution in [3.63, 3.8) is 0 Å². The number of ether oxygens (including phenoxy) is 1. The Balaban J connectivity index is 1.51. The van der Waals surface area contributed by atoms with E-state index in [1.807, 2.05) is 35.8 Å². The second kappa shape index (κ2) is 10.2. The van der Waals surface area contributed by atoms with Crippen LogP contribution in [0.2, 0.25) is 0 Å². The number of hydrogen-bond acceptors (Lipinski definition) is 7. The zero-order chi connectivity index (χ0) is 24.3. The van der Waals surface area contributed by atoms with Gasteiger partial charge in [-0.25, -0.2) is 13.4 Å². The molecule has 10 nitrogen and oxygen atoms in total. The van der Waals surface area contributed by atoms with E-state index in [0.717, 1.165) is 17.5 Å². The summed E-state index contributed by atoms with van der Waals surface area (Å²) in [6.07, 6.45) is 1.97. The summed E-state index contributed by atoms with van der Waals surface area (Å²) in [6.45, 7) is 7.52. The fraction of sp³-hybridized carbons (Fsp3) is 0.522. The first-order valence-corrected chi connectivity index (χ1v) is 13.0. The van der Waals surface area contributed by atoms with E-state index in [9.17, 15) is 13.2 Å². The largest absolute Gasteiger partial charge is 0.382 e. The van der Waals surface area contributed by atoms with Crippen molar-refractivity contribution in [2.75, 3.05) is 31.6 Å². The maximum Gasteiger partial charge on any atom is 0.248 e. The minimum Gasteiger partial charge on any atom is -0.382 e. The van der Waals surface area contributed by atoms with Gasteiger partial charge >= 0.3 is 0 Å². The highest BCUT2D eigenvalue weighted by Gasteiger charge is 2.36. The molecule has 0 bridgehead atoms. The lowest BCUT2D eigenvalue weighted by atomic mass is 9.99. The Morgan fingerprint density at radius 3 is 2.82 bits per heavy atom. The van der Waals surface area contributed by atoms with Crippen molar-refractivity contribution in [3.05, 3.63) is 35.7 Å². The Morgan fingerprint density at radius 2 is 2.09 bits per heavy atom. The van der Waals surface area contributed by atoms with E-state index in [0.29, 0.717) is 50.8 Å². The Morgan fingerprint density at radius 1 is 1.29 bits per heavy atom. The average molecular weight is 490 g/mol. The lowest BCUT2D eigenvalue weighted by Crippen LogP contribution is -2.44. The fourth-order valence-electron chi connectivity index (χ4n) is 4.43. The number of hydrogen-bond donors (Lipinski definition) is 1. The van der Waals surface area contributed by atoms with Gasteiger partial charge in [0.25, 0.3) is 0 Å². The molecule has 184 valence electrons. The number of aryl methyl sites for hydroxylation is 3. The molecule has 1 aromatic carbocycles. The number of nitrogens with zero attached hydrogens (tertiary/aromatic N) is 4. The molecule has 0 aliphatic carbocycles. The molecular formula is C23H31N5O5S. The Bertz CT molecular complexity index is 1250. The third kappa shape index (κ3) is 4.86. The molecule has 34 heavy (non-hydrogen) atoms. The Hall–Kier alpha value is -2.76. The van der Waals surface area contributed by atoms with E-state index in [-0.39, 0.29) is 23.1 Å². The third-order valence-corrected chi connectivity index (χ3v) is 8.19. The normalized spacial score (nSPS) is 17.3. The number of anilines is 1. The number of piperidine rings is 1. The molecule has 1 fully saturated rings. The van der Waals surface area contributed by atoms with Crippen molar-refractivity contribution in [2.45, 2.75) is 51.5 Å². The number of nitrogens with one attached hydrogen (secondary N) is 1. The van der Waals surface area contributed by atoms with Gasteiger partial charge in [-0.2, -0.15) is 4.31 Å². The maximum atomic E-state index is 13.2. The number of carbonyl (C=O) groups is 1. The second-order valence-electron chi connectivity index (χ2n) is 8.47. The van der Waals surface area contributed by atoms with Crippen molar-refractivity contribution in [1.29, 1.82) is 0 Å². The molecule has 1 atom stereocenters. The van der Waals surface area contributed by atoms with Crippen LogP contribution in [0.3, 0.4) is 0 Å². The number of sulfonamides is 1. The van der Waals surface area contributed by atoms with E-state index in [1.54, 1.807) is 13.8 Å². The monoisotopic (exact) mass is 489 g/mol. The molecule has 1 aliphatic heterocycles. The van der Waals surface area contributed by atoms with Crippen LogP contribution >= 0.6 is 0 Å². The van der Waals surface area contributed by atoms with Gasteiger partial charge in [-0.15, -0.1) is 0 Å². The third-order valence-electron chi connectivity index (χ3n) is 6.08. The van der Waals surface area contributed by atoms with Gasteiger partial charge in [0.2, 0.25) is 21.9 Å². The molecule has 1 amide bonds. The molecule has 1 unspecified atom stereocenters. The van der Waals surface area contributed by atoms with Crippen LogP contribution in [-0.2, 0) is 26.1 Å². The van der Waals surface area contributed by atoms with E-state index >= 15 is 0 Å². The molecule has 0 saturated carbocycles. The first kappa shape index (κ1) is 24.4. The molecular weight excluding hydrogens is 458 g/mol. The number of fused-ring (bicyclic) bond motifs is 1. The van der Waals surface area contributed by atoms with Gasteiger partial charge in [0.15, 0.2) is 5.76 Å².